The summed E-state index contributed by atoms with van der Waals surface area (Å²) < 4.78 is 26.7. The van der Waals surface area contributed by atoms with Crippen LogP contribution in [0.15, 0.2) is 18.3 Å². The van der Waals surface area contributed by atoms with Gasteiger partial charge in [0, 0.05) is 0 Å². The lowest BCUT2D eigenvalue weighted by Crippen LogP contribution is -2.34. The zero-order valence-electron chi connectivity index (χ0n) is 11.9. The molecule has 126 valence electrons. The van der Waals surface area contributed by atoms with Gasteiger partial charge in [0.15, 0.2) is 17.4 Å². The number of aromatic nitrogens is 2. The van der Waals surface area contributed by atoms with Gasteiger partial charge in [0.05, 0.1) is 24.0 Å². The number of H-pyrrole nitrogens is 1. The van der Waals surface area contributed by atoms with E-state index in [2.05, 4.69) is 20.8 Å². The second kappa shape index (κ2) is 6.73. The molecular formula is C13H11F2N5O4. The first-order valence-electron chi connectivity index (χ1n) is 6.39. The fourth-order valence-corrected chi connectivity index (χ4v) is 1.72. The average molecular weight is 339 g/mol. The van der Waals surface area contributed by atoms with E-state index in [4.69, 9.17) is 5.73 Å². The molecule has 0 atom stereocenters. The maximum Gasteiger partial charge on any atom is 0.271 e. The highest BCUT2D eigenvalue weighted by Crippen LogP contribution is 2.24. The van der Waals surface area contributed by atoms with Crippen LogP contribution in [-0.4, -0.2) is 39.6 Å². The van der Waals surface area contributed by atoms with Crippen molar-refractivity contribution in [3.63, 3.8) is 0 Å². The zero-order chi connectivity index (χ0) is 17.9. The number of carbonyl (C=O) groups is 3. The summed E-state index contributed by atoms with van der Waals surface area (Å²) in [7, 11) is 0. The molecule has 2 aromatic rings. The first-order valence-corrected chi connectivity index (χ1v) is 6.39. The molecule has 0 radical (unpaired) electrons. The van der Waals surface area contributed by atoms with Gasteiger partial charge in [-0.1, -0.05) is 0 Å². The van der Waals surface area contributed by atoms with E-state index in [1.165, 1.54) is 0 Å². The van der Waals surface area contributed by atoms with E-state index in [1.807, 2.05) is 0 Å². The molecule has 0 bridgehead atoms. The van der Waals surface area contributed by atoms with E-state index < -0.39 is 47.2 Å². The number of benzene rings is 1. The number of hydrogen-bond donors (Lipinski definition) is 5. The molecule has 0 spiro atoms. The predicted octanol–water partition coefficient (Wildman–Crippen LogP) is -0.139. The number of aromatic hydroxyl groups is 1. The minimum Gasteiger partial charge on any atom is -0.503 e. The summed E-state index contributed by atoms with van der Waals surface area (Å²) in [6, 6.07) is 1.54. The van der Waals surface area contributed by atoms with Crippen LogP contribution in [0, 0.1) is 11.6 Å². The van der Waals surface area contributed by atoms with Crippen LogP contribution < -0.4 is 16.4 Å². The van der Waals surface area contributed by atoms with Crippen molar-refractivity contribution in [3.8, 4) is 5.75 Å². The van der Waals surface area contributed by atoms with E-state index in [1.54, 1.807) is 0 Å². The van der Waals surface area contributed by atoms with Crippen LogP contribution in [0.5, 0.6) is 5.75 Å². The third kappa shape index (κ3) is 3.45. The van der Waals surface area contributed by atoms with Crippen molar-refractivity contribution in [2.24, 2.45) is 5.73 Å². The fourth-order valence-electron chi connectivity index (χ4n) is 1.72. The number of phenols is 1. The number of aromatic amines is 1. The molecule has 0 saturated heterocycles. The van der Waals surface area contributed by atoms with E-state index in [9.17, 15) is 28.3 Å². The Morgan fingerprint density at radius 1 is 1.25 bits per heavy atom. The fraction of sp³-hybridized carbons (Fsp3) is 0.0769. The summed E-state index contributed by atoms with van der Waals surface area (Å²) in [4.78, 5) is 34.4. The monoisotopic (exact) mass is 339 g/mol. The topological polar surface area (TPSA) is 150 Å². The van der Waals surface area contributed by atoms with Crippen LogP contribution in [0.4, 0.5) is 14.5 Å². The predicted molar refractivity (Wildman–Crippen MR) is 76.1 cm³/mol. The van der Waals surface area contributed by atoms with Crippen molar-refractivity contribution < 1.29 is 28.3 Å². The molecule has 11 heteroatoms. The van der Waals surface area contributed by atoms with Crippen molar-refractivity contribution in [2.75, 3.05) is 11.9 Å². The molecule has 0 saturated carbocycles. The Bertz CT molecular complexity index is 821. The van der Waals surface area contributed by atoms with Crippen LogP contribution in [-0.2, 0) is 4.79 Å². The van der Waals surface area contributed by atoms with Gasteiger partial charge in [-0.15, -0.1) is 0 Å². The Morgan fingerprint density at radius 2 is 1.96 bits per heavy atom. The number of nitrogens with one attached hydrogen (secondary N) is 3. The SMILES string of the molecule is NC(=O)CNC(=O)c1[nH]ncc1NC(=O)c1ccc(F)c(O)c1F. The largest absolute Gasteiger partial charge is 0.503 e. The zero-order valence-corrected chi connectivity index (χ0v) is 11.9. The number of carbonyl (C=O) groups excluding carboxylic acids is 3. The number of nitrogens with zero attached hydrogens (tertiary/aromatic N) is 1. The van der Waals surface area contributed by atoms with Gasteiger partial charge < -0.3 is 21.5 Å². The third-order valence-corrected chi connectivity index (χ3v) is 2.85. The quantitative estimate of drug-likeness (QED) is 0.514. The Hall–Kier alpha value is -3.50. The first kappa shape index (κ1) is 16.9. The molecule has 24 heavy (non-hydrogen) atoms. The number of nitrogens with two attached hydrogens (primary N) is 1. The molecule has 2 rings (SSSR count). The lowest BCUT2D eigenvalue weighted by Gasteiger charge is -2.08. The molecule has 0 unspecified atom stereocenters. The summed E-state index contributed by atoms with van der Waals surface area (Å²) in [5.41, 5.74) is 3.91. The van der Waals surface area contributed by atoms with Gasteiger partial charge in [0.1, 0.15) is 5.69 Å². The smallest absolute Gasteiger partial charge is 0.271 e. The highest BCUT2D eigenvalue weighted by Gasteiger charge is 2.21. The highest BCUT2D eigenvalue weighted by atomic mass is 19.1. The molecule has 9 nitrogen and oxygen atoms in total. The minimum absolute atomic E-state index is 0.120. The highest BCUT2D eigenvalue weighted by molar-refractivity contribution is 6.08. The molecule has 3 amide bonds. The number of primary amides is 1. The maximum atomic E-state index is 13.7. The Morgan fingerprint density at radius 3 is 2.62 bits per heavy atom. The van der Waals surface area contributed by atoms with E-state index in [-0.39, 0.29) is 11.4 Å². The normalized spacial score (nSPS) is 10.2. The average Bonchev–Trinajstić information content (AvgIpc) is 2.98. The summed E-state index contributed by atoms with van der Waals surface area (Å²) in [6.45, 7) is -0.439. The van der Waals surface area contributed by atoms with Crippen LogP contribution in [0.25, 0.3) is 0 Å². The van der Waals surface area contributed by atoms with Crippen molar-refractivity contribution in [3.05, 3.63) is 41.2 Å². The molecule has 1 aromatic heterocycles. The Balaban J connectivity index is 2.19. The van der Waals surface area contributed by atoms with Crippen LogP contribution in [0.2, 0.25) is 0 Å². The molecule has 0 aliphatic rings. The summed E-state index contributed by atoms with van der Waals surface area (Å²) in [6.07, 6.45) is 1.07. The summed E-state index contributed by atoms with van der Waals surface area (Å²) >= 11 is 0. The molecule has 0 aliphatic carbocycles. The molecule has 1 heterocycles. The second-order valence-corrected chi connectivity index (χ2v) is 4.52. The van der Waals surface area contributed by atoms with Crippen LogP contribution >= 0.6 is 0 Å². The van der Waals surface area contributed by atoms with Crippen molar-refractivity contribution in [1.82, 2.24) is 15.5 Å². The van der Waals surface area contributed by atoms with Gasteiger partial charge in [-0.25, -0.2) is 8.78 Å². The first-order chi connectivity index (χ1) is 11.3. The molecule has 1 aromatic carbocycles. The molecule has 6 N–H and O–H groups in total. The molecule has 0 aliphatic heterocycles. The van der Waals surface area contributed by atoms with Crippen molar-refractivity contribution >= 4 is 23.4 Å². The molecular weight excluding hydrogens is 328 g/mol. The van der Waals surface area contributed by atoms with Gasteiger partial charge in [0.25, 0.3) is 11.8 Å². The standard InChI is InChI=1S/C13H11F2N5O4/c14-6-2-1-5(9(15)11(6)22)12(23)19-7-3-18-20-10(7)13(24)17-4-8(16)21/h1-3,22H,4H2,(H2,16,21)(H,17,24)(H,18,20)(H,19,23). The number of anilines is 1. The van der Waals surface area contributed by atoms with Crippen LogP contribution in [0.1, 0.15) is 20.8 Å². The lowest BCUT2D eigenvalue weighted by atomic mass is 10.1. The molecule has 0 fully saturated rings. The minimum atomic E-state index is -1.45. The van der Waals surface area contributed by atoms with Gasteiger partial charge in [-0.2, -0.15) is 5.10 Å². The Labute approximate surface area is 132 Å². The van der Waals surface area contributed by atoms with E-state index >= 15 is 0 Å². The number of phenolic OH excluding ortho intramolecular Hbond substituents is 1. The second-order valence-electron chi connectivity index (χ2n) is 4.52. The third-order valence-electron chi connectivity index (χ3n) is 2.85. The van der Waals surface area contributed by atoms with Gasteiger partial charge in [-0.05, 0) is 12.1 Å². The van der Waals surface area contributed by atoms with Crippen molar-refractivity contribution in [2.45, 2.75) is 0 Å². The van der Waals surface area contributed by atoms with E-state index in [0.29, 0.717) is 6.07 Å². The lowest BCUT2D eigenvalue weighted by molar-refractivity contribution is -0.117. The number of hydrogen-bond acceptors (Lipinski definition) is 5. The number of amides is 3. The maximum absolute atomic E-state index is 13.7. The van der Waals surface area contributed by atoms with E-state index in [0.717, 1.165) is 12.3 Å². The Kier molecular flexibility index (Phi) is 4.73. The number of halogens is 2. The van der Waals surface area contributed by atoms with Crippen LogP contribution in [0.3, 0.4) is 0 Å². The summed E-state index contributed by atoms with van der Waals surface area (Å²) in [5.74, 6) is -6.58. The summed E-state index contributed by atoms with van der Waals surface area (Å²) in [5, 5.41) is 19.4. The number of rotatable bonds is 5. The van der Waals surface area contributed by atoms with Crippen molar-refractivity contribution in [1.29, 1.82) is 0 Å². The van der Waals surface area contributed by atoms with Gasteiger partial charge in [-0.3, -0.25) is 19.5 Å². The van der Waals surface area contributed by atoms with Gasteiger partial charge in [0.2, 0.25) is 5.91 Å². The van der Waals surface area contributed by atoms with Gasteiger partial charge >= 0.3 is 0 Å².